The summed E-state index contributed by atoms with van der Waals surface area (Å²) in [6.07, 6.45) is 4.26. The second kappa shape index (κ2) is 5.91. The van der Waals surface area contributed by atoms with Gasteiger partial charge < -0.3 is 5.11 Å². The molecule has 1 saturated heterocycles. The maximum atomic E-state index is 11.6. The number of aliphatic carboxylic acids is 1. The largest absolute Gasteiger partial charge is 0.480 e. The number of carboxylic acids is 1. The molecule has 2 heterocycles. The fraction of sp³-hybridized carbons (Fsp3) is 0.786. The number of piperidine rings is 1. The smallest absolute Gasteiger partial charge is 0.323 e. The minimum absolute atomic E-state index is 0.489. The van der Waals surface area contributed by atoms with Gasteiger partial charge in [-0.3, -0.25) is 9.69 Å². The highest BCUT2D eigenvalue weighted by atomic mass is 16.4. The summed E-state index contributed by atoms with van der Waals surface area (Å²) in [5.41, 5.74) is -0.785. The lowest BCUT2D eigenvalue weighted by molar-refractivity contribution is -0.153. The van der Waals surface area contributed by atoms with Crippen LogP contribution < -0.4 is 0 Å². The predicted octanol–water partition coefficient (Wildman–Crippen LogP) is 1.76. The zero-order valence-electron chi connectivity index (χ0n) is 12.5. The summed E-state index contributed by atoms with van der Waals surface area (Å²) in [5, 5.41) is 13.8. The highest BCUT2D eigenvalue weighted by Gasteiger charge is 2.41. The van der Waals surface area contributed by atoms with Gasteiger partial charge in [0.05, 0.1) is 6.54 Å². The Bertz CT molecular complexity index is 471. The quantitative estimate of drug-likeness (QED) is 0.890. The standard InChI is InChI=1S/C14H24N4O2/c1-11(2)8-18-12(15-10-16-18)9-17-7-5-4-6-14(17,3)13(19)20/h10-11H,4-9H2,1-3H3,(H,19,20). The van der Waals surface area contributed by atoms with Crippen molar-refractivity contribution in [1.29, 1.82) is 0 Å². The van der Waals surface area contributed by atoms with E-state index in [0.29, 0.717) is 18.9 Å². The van der Waals surface area contributed by atoms with Crippen LogP contribution in [0.2, 0.25) is 0 Å². The molecule has 1 atom stereocenters. The second-order valence-electron chi connectivity index (χ2n) is 6.21. The summed E-state index contributed by atoms with van der Waals surface area (Å²) >= 11 is 0. The van der Waals surface area contributed by atoms with E-state index in [1.807, 2.05) is 16.5 Å². The van der Waals surface area contributed by atoms with Gasteiger partial charge in [0.2, 0.25) is 0 Å². The van der Waals surface area contributed by atoms with E-state index in [1.165, 1.54) is 0 Å². The first-order valence-electron chi connectivity index (χ1n) is 7.28. The lowest BCUT2D eigenvalue weighted by Crippen LogP contribution is -2.54. The monoisotopic (exact) mass is 280 g/mol. The Morgan fingerprint density at radius 2 is 2.25 bits per heavy atom. The molecule has 1 aromatic rings. The zero-order valence-corrected chi connectivity index (χ0v) is 12.5. The fourth-order valence-electron chi connectivity index (χ4n) is 2.75. The molecule has 20 heavy (non-hydrogen) atoms. The third-order valence-corrected chi connectivity index (χ3v) is 4.07. The molecule has 1 N–H and O–H groups in total. The van der Waals surface area contributed by atoms with E-state index in [4.69, 9.17) is 0 Å². The van der Waals surface area contributed by atoms with Crippen LogP contribution in [-0.4, -0.2) is 42.8 Å². The molecule has 0 amide bonds. The van der Waals surface area contributed by atoms with Gasteiger partial charge in [-0.15, -0.1) is 0 Å². The summed E-state index contributed by atoms with van der Waals surface area (Å²) in [4.78, 5) is 17.9. The molecule has 6 nitrogen and oxygen atoms in total. The van der Waals surface area contributed by atoms with Crippen LogP contribution in [0.5, 0.6) is 0 Å². The van der Waals surface area contributed by atoms with Crippen molar-refractivity contribution in [3.63, 3.8) is 0 Å². The van der Waals surface area contributed by atoms with Gasteiger partial charge in [-0.2, -0.15) is 5.10 Å². The molecule has 1 aromatic heterocycles. The average molecular weight is 280 g/mol. The number of hydrogen-bond acceptors (Lipinski definition) is 4. The third kappa shape index (κ3) is 3.00. The molecule has 112 valence electrons. The lowest BCUT2D eigenvalue weighted by Gasteiger charge is -2.41. The fourth-order valence-corrected chi connectivity index (χ4v) is 2.75. The Kier molecular flexibility index (Phi) is 4.42. The molecule has 1 fully saturated rings. The van der Waals surface area contributed by atoms with E-state index in [9.17, 15) is 9.90 Å². The molecule has 1 aliphatic rings. The average Bonchev–Trinajstić information content (AvgIpc) is 2.78. The van der Waals surface area contributed by atoms with Crippen LogP contribution in [0.25, 0.3) is 0 Å². The van der Waals surface area contributed by atoms with Crippen LogP contribution in [0.3, 0.4) is 0 Å². The minimum atomic E-state index is -0.785. The predicted molar refractivity (Wildman–Crippen MR) is 75.2 cm³/mol. The van der Waals surface area contributed by atoms with Gasteiger partial charge in [-0.1, -0.05) is 13.8 Å². The molecule has 2 rings (SSSR count). The van der Waals surface area contributed by atoms with E-state index < -0.39 is 11.5 Å². The summed E-state index contributed by atoms with van der Waals surface area (Å²) < 4.78 is 1.89. The number of aromatic nitrogens is 3. The van der Waals surface area contributed by atoms with Crippen molar-refractivity contribution >= 4 is 5.97 Å². The summed E-state index contributed by atoms with van der Waals surface area (Å²) in [5.74, 6) is 0.600. The van der Waals surface area contributed by atoms with Crippen molar-refractivity contribution in [2.24, 2.45) is 5.92 Å². The molecule has 0 aromatic carbocycles. The van der Waals surface area contributed by atoms with Crippen molar-refractivity contribution in [2.75, 3.05) is 6.54 Å². The molecule has 0 spiro atoms. The number of carboxylic acid groups (broad SMARTS) is 1. The third-order valence-electron chi connectivity index (χ3n) is 4.07. The highest BCUT2D eigenvalue weighted by molar-refractivity contribution is 5.78. The van der Waals surface area contributed by atoms with Gasteiger partial charge in [-0.25, -0.2) is 9.67 Å². The van der Waals surface area contributed by atoms with Gasteiger partial charge in [0.1, 0.15) is 17.7 Å². The highest BCUT2D eigenvalue weighted by Crippen LogP contribution is 2.29. The first-order valence-corrected chi connectivity index (χ1v) is 7.28. The van der Waals surface area contributed by atoms with Crippen molar-refractivity contribution < 1.29 is 9.90 Å². The number of nitrogens with zero attached hydrogens (tertiary/aromatic N) is 4. The Labute approximate surface area is 119 Å². The van der Waals surface area contributed by atoms with Gasteiger partial charge >= 0.3 is 5.97 Å². The van der Waals surface area contributed by atoms with E-state index in [2.05, 4.69) is 23.9 Å². The van der Waals surface area contributed by atoms with Crippen molar-refractivity contribution in [3.8, 4) is 0 Å². The molecule has 1 unspecified atom stereocenters. The van der Waals surface area contributed by atoms with Crippen LogP contribution in [0.4, 0.5) is 0 Å². The van der Waals surface area contributed by atoms with E-state index in [-0.39, 0.29) is 0 Å². The zero-order chi connectivity index (χ0) is 14.8. The second-order valence-corrected chi connectivity index (χ2v) is 6.21. The van der Waals surface area contributed by atoms with Gasteiger partial charge in [-0.05, 0) is 38.6 Å². The molecular formula is C14H24N4O2. The van der Waals surface area contributed by atoms with Crippen LogP contribution in [-0.2, 0) is 17.9 Å². The SMILES string of the molecule is CC(C)Cn1ncnc1CN1CCCCC1(C)C(=O)O. The molecular weight excluding hydrogens is 256 g/mol. The van der Waals surface area contributed by atoms with Crippen molar-refractivity contribution in [1.82, 2.24) is 19.7 Å². The molecule has 0 aliphatic carbocycles. The van der Waals surface area contributed by atoms with E-state index in [1.54, 1.807) is 6.33 Å². The number of hydrogen-bond donors (Lipinski definition) is 1. The van der Waals surface area contributed by atoms with Crippen molar-refractivity contribution in [3.05, 3.63) is 12.2 Å². The lowest BCUT2D eigenvalue weighted by atomic mass is 9.88. The number of likely N-dealkylation sites (tertiary alicyclic amines) is 1. The maximum Gasteiger partial charge on any atom is 0.323 e. The molecule has 0 bridgehead atoms. The minimum Gasteiger partial charge on any atom is -0.480 e. The Morgan fingerprint density at radius 1 is 1.50 bits per heavy atom. The Balaban J connectivity index is 2.15. The Hall–Kier alpha value is -1.43. The van der Waals surface area contributed by atoms with Crippen LogP contribution in [0.15, 0.2) is 6.33 Å². The number of carbonyl (C=O) groups is 1. The van der Waals surface area contributed by atoms with Crippen LogP contribution >= 0.6 is 0 Å². The molecule has 6 heteroatoms. The molecule has 0 radical (unpaired) electrons. The van der Waals surface area contributed by atoms with Gasteiger partial charge in [0.15, 0.2) is 0 Å². The Morgan fingerprint density at radius 3 is 2.90 bits per heavy atom. The normalized spacial score (nSPS) is 24.2. The first-order chi connectivity index (χ1) is 9.43. The van der Waals surface area contributed by atoms with E-state index in [0.717, 1.165) is 31.8 Å². The van der Waals surface area contributed by atoms with Crippen molar-refractivity contribution in [2.45, 2.75) is 58.7 Å². The summed E-state index contributed by atoms with van der Waals surface area (Å²) in [6, 6.07) is 0. The number of rotatable bonds is 5. The van der Waals surface area contributed by atoms with Crippen LogP contribution in [0.1, 0.15) is 45.9 Å². The summed E-state index contributed by atoms with van der Waals surface area (Å²) in [6.45, 7) is 8.25. The van der Waals surface area contributed by atoms with Crippen LogP contribution in [0, 0.1) is 5.92 Å². The van der Waals surface area contributed by atoms with E-state index >= 15 is 0 Å². The first kappa shape index (κ1) is 15.0. The topological polar surface area (TPSA) is 71.2 Å². The van der Waals surface area contributed by atoms with Gasteiger partial charge in [0, 0.05) is 6.54 Å². The van der Waals surface area contributed by atoms with Gasteiger partial charge in [0.25, 0.3) is 0 Å². The summed E-state index contributed by atoms with van der Waals surface area (Å²) in [7, 11) is 0. The molecule has 1 aliphatic heterocycles. The maximum absolute atomic E-state index is 11.6. The molecule has 0 saturated carbocycles.